The molecule has 9 rings (SSSR count). The third-order valence-electron chi connectivity index (χ3n) is 8.43. The summed E-state index contributed by atoms with van der Waals surface area (Å²) < 4.78 is 4.61. The van der Waals surface area contributed by atoms with E-state index in [1.54, 1.807) is 0 Å². The first-order valence-electron chi connectivity index (χ1n) is 14.2. The molecule has 0 aliphatic carbocycles. The average molecular weight is 537 g/mol. The van der Waals surface area contributed by atoms with Crippen LogP contribution in [0.4, 0.5) is 0 Å². The Bertz CT molecular complexity index is 2410. The second kappa shape index (κ2) is 8.88. The van der Waals surface area contributed by atoms with Crippen molar-refractivity contribution >= 4 is 49.1 Å². The van der Waals surface area contributed by atoms with Crippen LogP contribution < -0.4 is 0 Å². The zero-order valence-corrected chi connectivity index (χ0v) is 22.6. The van der Waals surface area contributed by atoms with Crippen LogP contribution in [0.2, 0.25) is 0 Å². The first-order valence-corrected chi connectivity index (χ1v) is 14.2. The number of rotatable bonds is 3. The van der Waals surface area contributed by atoms with Crippen molar-refractivity contribution in [3.8, 4) is 28.2 Å². The summed E-state index contributed by atoms with van der Waals surface area (Å²) in [6.45, 7) is 0. The van der Waals surface area contributed by atoms with Crippen LogP contribution in [-0.4, -0.2) is 19.2 Å². The minimum atomic E-state index is 0.847. The molecule has 42 heavy (non-hydrogen) atoms. The number of benzene rings is 6. The molecule has 4 nitrogen and oxygen atoms in total. The molecule has 3 heterocycles. The molecular formula is C38H24N4. The van der Waals surface area contributed by atoms with Crippen LogP contribution in [0.25, 0.3) is 77.3 Å². The second-order valence-corrected chi connectivity index (χ2v) is 10.7. The van der Waals surface area contributed by atoms with Crippen molar-refractivity contribution in [2.45, 2.75) is 0 Å². The molecular weight excluding hydrogens is 512 g/mol. The molecule has 6 aromatic carbocycles. The zero-order valence-electron chi connectivity index (χ0n) is 22.6. The second-order valence-electron chi connectivity index (χ2n) is 10.7. The molecule has 0 atom stereocenters. The Balaban J connectivity index is 1.35. The summed E-state index contributed by atoms with van der Waals surface area (Å²) in [5.74, 6) is 0.847. The molecule has 0 bridgehead atoms. The van der Waals surface area contributed by atoms with Crippen LogP contribution in [0, 0.1) is 0 Å². The number of hydrogen-bond donors (Lipinski definition) is 0. The largest absolute Gasteiger partial charge is 0.309 e. The number of fused-ring (bicyclic) bond motifs is 9. The van der Waals surface area contributed by atoms with Crippen molar-refractivity contribution in [3.05, 3.63) is 146 Å². The summed E-state index contributed by atoms with van der Waals surface area (Å²) in [4.78, 5) is 0. The van der Waals surface area contributed by atoms with Gasteiger partial charge in [0.15, 0.2) is 11.5 Å². The van der Waals surface area contributed by atoms with Crippen LogP contribution in [0.3, 0.4) is 0 Å². The molecule has 196 valence electrons. The molecule has 0 saturated heterocycles. The lowest BCUT2D eigenvalue weighted by Crippen LogP contribution is -1.98. The molecule has 0 amide bonds. The number of hydrogen-bond acceptors (Lipinski definition) is 2. The molecule has 0 spiro atoms. The summed E-state index contributed by atoms with van der Waals surface area (Å²) in [5, 5.41) is 15.3. The molecule has 9 aromatic rings. The summed E-state index contributed by atoms with van der Waals surface area (Å²) >= 11 is 0. The number of pyridine rings is 1. The van der Waals surface area contributed by atoms with E-state index >= 15 is 0 Å². The number of nitrogens with zero attached hydrogens (tertiary/aromatic N) is 4. The lowest BCUT2D eigenvalue weighted by molar-refractivity contribution is 1.12. The van der Waals surface area contributed by atoms with Crippen LogP contribution >= 0.6 is 0 Å². The van der Waals surface area contributed by atoms with E-state index in [9.17, 15) is 0 Å². The fourth-order valence-electron chi connectivity index (χ4n) is 6.58. The van der Waals surface area contributed by atoms with Gasteiger partial charge in [0.1, 0.15) is 0 Å². The summed E-state index contributed by atoms with van der Waals surface area (Å²) in [6.07, 6.45) is 0. The fourth-order valence-corrected chi connectivity index (χ4v) is 6.58. The van der Waals surface area contributed by atoms with Crippen molar-refractivity contribution in [1.82, 2.24) is 19.2 Å². The lowest BCUT2D eigenvalue weighted by Gasteiger charge is -2.16. The molecule has 0 unspecified atom stereocenters. The third kappa shape index (κ3) is 3.23. The van der Waals surface area contributed by atoms with Crippen LogP contribution in [-0.2, 0) is 0 Å². The maximum atomic E-state index is 4.67. The Labute approximate surface area is 241 Å². The van der Waals surface area contributed by atoms with Gasteiger partial charge in [-0.15, -0.1) is 10.2 Å². The van der Waals surface area contributed by atoms with Gasteiger partial charge in [-0.05, 0) is 41.3 Å². The SMILES string of the molecule is c1ccc(-c2nnc3c4ccccc4c4cc(-c5ccccc5-n5c6ccccc6c6ccccc65)ccc4n23)cc1. The predicted octanol–water partition coefficient (Wildman–Crippen LogP) is 9.47. The topological polar surface area (TPSA) is 35.1 Å². The normalized spacial score (nSPS) is 11.8. The zero-order chi connectivity index (χ0) is 27.6. The highest BCUT2D eigenvalue weighted by Crippen LogP contribution is 2.38. The minimum Gasteiger partial charge on any atom is -0.309 e. The minimum absolute atomic E-state index is 0.847. The Morgan fingerprint density at radius 1 is 0.405 bits per heavy atom. The molecule has 0 aliphatic heterocycles. The van der Waals surface area contributed by atoms with Gasteiger partial charge in [0.25, 0.3) is 0 Å². The van der Waals surface area contributed by atoms with Crippen molar-refractivity contribution in [1.29, 1.82) is 0 Å². The van der Waals surface area contributed by atoms with E-state index in [1.807, 2.05) is 18.2 Å². The van der Waals surface area contributed by atoms with Gasteiger partial charge < -0.3 is 4.57 Å². The van der Waals surface area contributed by atoms with Gasteiger partial charge in [-0.25, -0.2) is 0 Å². The Morgan fingerprint density at radius 3 is 1.79 bits per heavy atom. The highest BCUT2D eigenvalue weighted by atomic mass is 15.2. The van der Waals surface area contributed by atoms with Crippen molar-refractivity contribution in [2.75, 3.05) is 0 Å². The molecule has 3 aromatic heterocycles. The maximum Gasteiger partial charge on any atom is 0.169 e. The van der Waals surface area contributed by atoms with E-state index in [0.717, 1.165) is 33.6 Å². The van der Waals surface area contributed by atoms with Crippen LogP contribution in [0.5, 0.6) is 0 Å². The van der Waals surface area contributed by atoms with Crippen molar-refractivity contribution in [2.24, 2.45) is 0 Å². The smallest absolute Gasteiger partial charge is 0.169 e. The number of para-hydroxylation sites is 3. The Hall–Kier alpha value is -5.74. The lowest BCUT2D eigenvalue weighted by atomic mass is 9.98. The molecule has 0 aliphatic rings. The van der Waals surface area contributed by atoms with Crippen molar-refractivity contribution in [3.63, 3.8) is 0 Å². The first kappa shape index (κ1) is 23.0. The standard InChI is InChI=1S/C38H24N4/c1-2-12-25(13-3-1)37-39-40-38-31-18-5-4-15-28(31)32-24-26(22-23-36(32)42(37)38)27-14-6-9-19-33(27)41-34-20-10-7-16-29(34)30-17-8-11-21-35(30)41/h1-24H. The van der Waals surface area contributed by atoms with Crippen molar-refractivity contribution < 1.29 is 0 Å². The van der Waals surface area contributed by atoms with Gasteiger partial charge >= 0.3 is 0 Å². The highest BCUT2D eigenvalue weighted by Gasteiger charge is 2.18. The molecule has 0 fully saturated rings. The van der Waals surface area contributed by atoms with E-state index in [2.05, 4.69) is 147 Å². The van der Waals surface area contributed by atoms with Gasteiger partial charge in [0.2, 0.25) is 0 Å². The quantitative estimate of drug-likeness (QED) is 0.211. The van der Waals surface area contributed by atoms with Crippen LogP contribution in [0.1, 0.15) is 0 Å². The van der Waals surface area contributed by atoms with Gasteiger partial charge in [-0.3, -0.25) is 4.40 Å². The molecule has 0 radical (unpaired) electrons. The monoisotopic (exact) mass is 536 g/mol. The summed E-state index contributed by atoms with van der Waals surface area (Å²) in [6, 6.07) is 51.7. The molecule has 0 N–H and O–H groups in total. The average Bonchev–Trinajstić information content (AvgIpc) is 3.66. The number of aromatic nitrogens is 4. The molecule has 0 saturated carbocycles. The first-order chi connectivity index (χ1) is 20.9. The summed E-state index contributed by atoms with van der Waals surface area (Å²) in [7, 11) is 0. The fraction of sp³-hybridized carbons (Fsp3) is 0. The van der Waals surface area contributed by atoms with E-state index in [0.29, 0.717) is 0 Å². The van der Waals surface area contributed by atoms with Gasteiger partial charge in [-0.1, -0.05) is 115 Å². The highest BCUT2D eigenvalue weighted by molar-refractivity contribution is 6.13. The van der Waals surface area contributed by atoms with Gasteiger partial charge in [-0.2, -0.15) is 0 Å². The maximum absolute atomic E-state index is 4.67. The van der Waals surface area contributed by atoms with E-state index in [4.69, 9.17) is 0 Å². The molecule has 4 heteroatoms. The van der Waals surface area contributed by atoms with Gasteiger partial charge in [0.05, 0.1) is 22.2 Å². The van der Waals surface area contributed by atoms with Gasteiger partial charge in [0, 0.05) is 32.7 Å². The Morgan fingerprint density at radius 2 is 1.02 bits per heavy atom. The van der Waals surface area contributed by atoms with E-state index in [-0.39, 0.29) is 0 Å². The third-order valence-corrected chi connectivity index (χ3v) is 8.43. The van der Waals surface area contributed by atoms with E-state index in [1.165, 1.54) is 43.7 Å². The predicted molar refractivity (Wildman–Crippen MR) is 173 cm³/mol. The van der Waals surface area contributed by atoms with E-state index < -0.39 is 0 Å². The summed E-state index contributed by atoms with van der Waals surface area (Å²) in [5.41, 5.74) is 8.92. The van der Waals surface area contributed by atoms with Crippen LogP contribution in [0.15, 0.2) is 146 Å². The Kier molecular flexibility index (Phi) is 4.87.